The molecule has 2 N–H and O–H groups in total. The van der Waals surface area contributed by atoms with Crippen LogP contribution >= 0.6 is 11.6 Å². The minimum Gasteiger partial charge on any atom is -0.469 e. The third-order valence-corrected chi connectivity index (χ3v) is 2.77. The highest BCUT2D eigenvalue weighted by molar-refractivity contribution is 6.28. The van der Waals surface area contributed by atoms with E-state index in [9.17, 15) is 0 Å². The second kappa shape index (κ2) is 7.09. The SMILES string of the molecule is CCCNc1nc(Cl)nc(NC(C)Cc2ccco2)n1. The summed E-state index contributed by atoms with van der Waals surface area (Å²) < 4.78 is 5.31. The predicted molar refractivity (Wildman–Crippen MR) is 79.1 cm³/mol. The molecule has 0 aromatic carbocycles. The van der Waals surface area contributed by atoms with E-state index in [2.05, 4.69) is 32.5 Å². The molecule has 0 bridgehead atoms. The topological polar surface area (TPSA) is 75.9 Å². The number of rotatable bonds is 7. The van der Waals surface area contributed by atoms with Crippen LogP contribution < -0.4 is 10.6 Å². The molecule has 2 aromatic heterocycles. The van der Waals surface area contributed by atoms with Crippen LogP contribution in [0, 0.1) is 0 Å². The molecule has 1 atom stereocenters. The van der Waals surface area contributed by atoms with Crippen LogP contribution in [0.1, 0.15) is 26.0 Å². The first-order valence-corrected chi connectivity index (χ1v) is 6.99. The monoisotopic (exact) mass is 295 g/mol. The van der Waals surface area contributed by atoms with E-state index in [1.54, 1.807) is 6.26 Å². The maximum absolute atomic E-state index is 5.89. The predicted octanol–water partition coefficient (Wildman–Crippen LogP) is 2.98. The molecule has 0 radical (unpaired) electrons. The summed E-state index contributed by atoms with van der Waals surface area (Å²) in [5.74, 6) is 1.86. The minimum atomic E-state index is 0.124. The molecular weight excluding hydrogens is 278 g/mol. The fourth-order valence-corrected chi connectivity index (χ4v) is 1.89. The first-order valence-electron chi connectivity index (χ1n) is 6.61. The van der Waals surface area contributed by atoms with Crippen molar-refractivity contribution in [3.05, 3.63) is 29.4 Å². The molecule has 0 saturated heterocycles. The molecule has 1 unspecified atom stereocenters. The average molecular weight is 296 g/mol. The summed E-state index contributed by atoms with van der Waals surface area (Å²) in [6.45, 7) is 4.89. The van der Waals surface area contributed by atoms with Gasteiger partial charge in [-0.25, -0.2) is 0 Å². The van der Waals surface area contributed by atoms with Crippen molar-refractivity contribution >= 4 is 23.5 Å². The van der Waals surface area contributed by atoms with Crippen LogP contribution in [0.3, 0.4) is 0 Å². The van der Waals surface area contributed by atoms with E-state index in [1.165, 1.54) is 0 Å². The van der Waals surface area contributed by atoms with Gasteiger partial charge in [-0.3, -0.25) is 0 Å². The third kappa shape index (κ3) is 4.38. The van der Waals surface area contributed by atoms with Crippen molar-refractivity contribution in [1.82, 2.24) is 15.0 Å². The van der Waals surface area contributed by atoms with E-state index in [0.29, 0.717) is 11.9 Å². The van der Waals surface area contributed by atoms with Crippen molar-refractivity contribution < 1.29 is 4.42 Å². The molecule has 0 amide bonds. The van der Waals surface area contributed by atoms with Crippen LogP contribution in [0.5, 0.6) is 0 Å². The first kappa shape index (κ1) is 14.6. The zero-order valence-corrected chi connectivity index (χ0v) is 12.3. The molecule has 0 aliphatic carbocycles. The Labute approximate surface area is 123 Å². The Bertz CT molecular complexity index is 532. The highest BCUT2D eigenvalue weighted by atomic mass is 35.5. The Morgan fingerprint density at radius 3 is 2.80 bits per heavy atom. The smallest absolute Gasteiger partial charge is 0.229 e. The molecule has 2 aromatic rings. The van der Waals surface area contributed by atoms with Gasteiger partial charge in [0.2, 0.25) is 17.2 Å². The summed E-state index contributed by atoms with van der Waals surface area (Å²) in [5, 5.41) is 6.45. The summed E-state index contributed by atoms with van der Waals surface area (Å²) in [6.07, 6.45) is 3.39. The van der Waals surface area contributed by atoms with Crippen molar-refractivity contribution in [2.24, 2.45) is 0 Å². The summed E-state index contributed by atoms with van der Waals surface area (Å²) in [7, 11) is 0. The molecule has 2 rings (SSSR count). The lowest BCUT2D eigenvalue weighted by molar-refractivity contribution is 0.497. The molecule has 0 aliphatic heterocycles. The van der Waals surface area contributed by atoms with E-state index in [0.717, 1.165) is 25.1 Å². The number of anilines is 2. The highest BCUT2D eigenvalue weighted by Gasteiger charge is 2.10. The minimum absolute atomic E-state index is 0.124. The maximum Gasteiger partial charge on any atom is 0.229 e. The van der Waals surface area contributed by atoms with Crippen LogP contribution in [-0.2, 0) is 6.42 Å². The summed E-state index contributed by atoms with van der Waals surface area (Å²) in [5.41, 5.74) is 0. The normalized spacial score (nSPS) is 12.2. The lowest BCUT2D eigenvalue weighted by Crippen LogP contribution is -2.20. The van der Waals surface area contributed by atoms with Crippen LogP contribution in [0.15, 0.2) is 22.8 Å². The van der Waals surface area contributed by atoms with Gasteiger partial charge in [0.1, 0.15) is 5.76 Å². The van der Waals surface area contributed by atoms with E-state index in [1.807, 2.05) is 19.1 Å². The quantitative estimate of drug-likeness (QED) is 0.818. The molecule has 7 heteroatoms. The Hall–Kier alpha value is -1.82. The largest absolute Gasteiger partial charge is 0.469 e. The maximum atomic E-state index is 5.89. The Morgan fingerprint density at radius 2 is 2.10 bits per heavy atom. The van der Waals surface area contributed by atoms with Gasteiger partial charge in [0, 0.05) is 19.0 Å². The van der Waals surface area contributed by atoms with E-state index in [-0.39, 0.29) is 11.3 Å². The molecule has 0 saturated carbocycles. The number of halogens is 1. The Balaban J connectivity index is 1.98. The van der Waals surface area contributed by atoms with Crippen molar-refractivity contribution in [2.75, 3.05) is 17.2 Å². The van der Waals surface area contributed by atoms with Gasteiger partial charge in [0.05, 0.1) is 6.26 Å². The second-order valence-corrected chi connectivity index (χ2v) is 4.85. The van der Waals surface area contributed by atoms with Gasteiger partial charge in [0.25, 0.3) is 0 Å². The van der Waals surface area contributed by atoms with Crippen molar-refractivity contribution in [1.29, 1.82) is 0 Å². The number of hydrogen-bond donors (Lipinski definition) is 2. The zero-order chi connectivity index (χ0) is 14.4. The standard InChI is InChI=1S/C13H18ClN5O/c1-3-6-15-12-17-11(14)18-13(19-12)16-9(2)8-10-5-4-7-20-10/h4-5,7,9H,3,6,8H2,1-2H3,(H2,15,16,17,18,19). The van der Waals surface area contributed by atoms with Gasteiger partial charge in [-0.2, -0.15) is 15.0 Å². The van der Waals surface area contributed by atoms with Gasteiger partial charge in [-0.05, 0) is 37.1 Å². The molecule has 6 nitrogen and oxygen atoms in total. The molecule has 20 heavy (non-hydrogen) atoms. The average Bonchev–Trinajstić information content (AvgIpc) is 2.88. The summed E-state index contributed by atoms with van der Waals surface area (Å²) in [6, 6.07) is 3.93. The van der Waals surface area contributed by atoms with Crippen molar-refractivity contribution in [3.8, 4) is 0 Å². The molecule has 0 aliphatic rings. The fourth-order valence-electron chi connectivity index (χ4n) is 1.73. The van der Waals surface area contributed by atoms with Crippen LogP contribution in [0.25, 0.3) is 0 Å². The van der Waals surface area contributed by atoms with Crippen molar-refractivity contribution in [2.45, 2.75) is 32.7 Å². The second-order valence-electron chi connectivity index (χ2n) is 4.51. The lowest BCUT2D eigenvalue weighted by atomic mass is 10.2. The van der Waals surface area contributed by atoms with Gasteiger partial charge >= 0.3 is 0 Å². The third-order valence-electron chi connectivity index (χ3n) is 2.60. The molecule has 0 spiro atoms. The molecule has 0 fully saturated rings. The van der Waals surface area contributed by atoms with Crippen molar-refractivity contribution in [3.63, 3.8) is 0 Å². The summed E-state index contributed by atoms with van der Waals surface area (Å²) >= 11 is 5.89. The fraction of sp³-hybridized carbons (Fsp3) is 0.462. The Morgan fingerprint density at radius 1 is 1.30 bits per heavy atom. The van der Waals surface area contributed by atoms with Gasteiger partial charge < -0.3 is 15.1 Å². The molecular formula is C13H18ClN5O. The van der Waals surface area contributed by atoms with Gasteiger partial charge in [-0.15, -0.1) is 0 Å². The zero-order valence-electron chi connectivity index (χ0n) is 11.6. The number of nitrogens with one attached hydrogen (secondary N) is 2. The van der Waals surface area contributed by atoms with E-state index in [4.69, 9.17) is 16.0 Å². The lowest BCUT2D eigenvalue weighted by Gasteiger charge is -2.13. The number of hydrogen-bond acceptors (Lipinski definition) is 6. The van der Waals surface area contributed by atoms with E-state index < -0.39 is 0 Å². The molecule has 108 valence electrons. The van der Waals surface area contributed by atoms with Gasteiger partial charge in [-0.1, -0.05) is 6.92 Å². The number of furan rings is 1. The molecule has 2 heterocycles. The van der Waals surface area contributed by atoms with Gasteiger partial charge in [0.15, 0.2) is 0 Å². The number of aromatic nitrogens is 3. The number of nitrogens with zero attached hydrogens (tertiary/aromatic N) is 3. The summed E-state index contributed by atoms with van der Waals surface area (Å²) in [4.78, 5) is 12.4. The first-order chi connectivity index (χ1) is 9.67. The van der Waals surface area contributed by atoms with Crippen LogP contribution in [0.2, 0.25) is 5.28 Å². The van der Waals surface area contributed by atoms with E-state index >= 15 is 0 Å². The van der Waals surface area contributed by atoms with Crippen LogP contribution in [0.4, 0.5) is 11.9 Å². The Kier molecular flexibility index (Phi) is 5.17. The highest BCUT2D eigenvalue weighted by Crippen LogP contribution is 2.12. The van der Waals surface area contributed by atoms with Crippen LogP contribution in [-0.4, -0.2) is 27.5 Å².